The minimum Gasteiger partial charge on any atom is -0.493 e. The maximum atomic E-state index is 13.0. The average Bonchev–Trinajstić information content (AvgIpc) is 3.27. The van der Waals surface area contributed by atoms with Crippen molar-refractivity contribution in [1.82, 2.24) is 15.3 Å². The van der Waals surface area contributed by atoms with Gasteiger partial charge in [0.2, 0.25) is 5.95 Å². The van der Waals surface area contributed by atoms with E-state index in [1.165, 1.54) is 12.8 Å². The van der Waals surface area contributed by atoms with Crippen LogP contribution in [0.15, 0.2) is 30.5 Å². The van der Waals surface area contributed by atoms with Crippen LogP contribution in [0.1, 0.15) is 57.3 Å². The number of methoxy groups -OCH3 is 1. The molecule has 0 unspecified atom stereocenters. The third-order valence-corrected chi connectivity index (χ3v) is 6.11. The van der Waals surface area contributed by atoms with Crippen LogP contribution in [0.25, 0.3) is 0 Å². The van der Waals surface area contributed by atoms with Gasteiger partial charge in [0, 0.05) is 24.8 Å². The lowest BCUT2D eigenvalue weighted by atomic mass is 9.74. The van der Waals surface area contributed by atoms with Gasteiger partial charge < -0.3 is 19.7 Å². The quantitative estimate of drug-likeness (QED) is 0.762. The van der Waals surface area contributed by atoms with Gasteiger partial charge in [-0.15, -0.1) is 0 Å². The molecule has 0 spiro atoms. The van der Waals surface area contributed by atoms with E-state index in [4.69, 9.17) is 14.5 Å². The number of amides is 1. The van der Waals surface area contributed by atoms with Crippen LogP contribution in [0.3, 0.4) is 0 Å². The number of anilines is 1. The largest absolute Gasteiger partial charge is 0.493 e. The van der Waals surface area contributed by atoms with Crippen molar-refractivity contribution in [3.8, 4) is 11.5 Å². The SMILES string of the molecule is COc1ccccc1O[C@H](C)C(=O)N[C@H]1CC(C)(C)Cc2nc(N3CCCC3)ncc21. The molecule has 1 aliphatic heterocycles. The van der Waals surface area contributed by atoms with Gasteiger partial charge in [0.25, 0.3) is 5.91 Å². The Hall–Kier alpha value is -2.83. The van der Waals surface area contributed by atoms with E-state index in [0.717, 1.165) is 43.1 Å². The number of aromatic nitrogens is 2. The van der Waals surface area contributed by atoms with Crippen molar-refractivity contribution in [3.05, 3.63) is 41.7 Å². The fraction of sp³-hybridized carbons (Fsp3) is 0.542. The molecule has 1 N–H and O–H groups in total. The highest BCUT2D eigenvalue weighted by molar-refractivity contribution is 5.81. The number of ether oxygens (including phenoxy) is 2. The summed E-state index contributed by atoms with van der Waals surface area (Å²) in [6.45, 7) is 8.23. The number of hydrogen-bond acceptors (Lipinski definition) is 6. The Morgan fingerprint density at radius 2 is 1.94 bits per heavy atom. The van der Waals surface area contributed by atoms with E-state index in [1.807, 2.05) is 24.4 Å². The average molecular weight is 425 g/mol. The molecule has 1 saturated heterocycles. The van der Waals surface area contributed by atoms with E-state index < -0.39 is 6.10 Å². The van der Waals surface area contributed by atoms with Crippen molar-refractivity contribution in [2.45, 2.75) is 58.6 Å². The lowest BCUT2D eigenvalue weighted by Crippen LogP contribution is -2.42. The second kappa shape index (κ2) is 8.73. The van der Waals surface area contributed by atoms with Crippen LogP contribution in [0, 0.1) is 5.41 Å². The molecule has 1 fully saturated rings. The summed E-state index contributed by atoms with van der Waals surface area (Å²) in [6, 6.07) is 7.21. The molecular formula is C24H32N4O3. The summed E-state index contributed by atoms with van der Waals surface area (Å²) in [5, 5.41) is 3.18. The summed E-state index contributed by atoms with van der Waals surface area (Å²) < 4.78 is 11.2. The predicted molar refractivity (Wildman–Crippen MR) is 120 cm³/mol. The van der Waals surface area contributed by atoms with E-state index in [9.17, 15) is 4.79 Å². The molecule has 4 rings (SSSR count). The smallest absolute Gasteiger partial charge is 0.261 e. The van der Waals surface area contributed by atoms with E-state index in [0.29, 0.717) is 11.5 Å². The first-order valence-corrected chi connectivity index (χ1v) is 11.1. The number of benzene rings is 1. The summed E-state index contributed by atoms with van der Waals surface area (Å²) in [6.07, 6.45) is 5.34. The predicted octanol–water partition coefficient (Wildman–Crippen LogP) is 3.68. The van der Waals surface area contributed by atoms with Gasteiger partial charge in [-0.05, 0) is 50.2 Å². The van der Waals surface area contributed by atoms with Crippen LogP contribution < -0.4 is 19.7 Å². The van der Waals surface area contributed by atoms with Gasteiger partial charge in [0.15, 0.2) is 17.6 Å². The van der Waals surface area contributed by atoms with Gasteiger partial charge in [-0.3, -0.25) is 4.79 Å². The van der Waals surface area contributed by atoms with Gasteiger partial charge >= 0.3 is 0 Å². The summed E-state index contributed by atoms with van der Waals surface area (Å²) in [5.41, 5.74) is 2.09. The lowest BCUT2D eigenvalue weighted by molar-refractivity contribution is -0.128. The topological polar surface area (TPSA) is 76.6 Å². The zero-order valence-electron chi connectivity index (χ0n) is 18.9. The Balaban J connectivity index is 1.50. The van der Waals surface area contributed by atoms with Gasteiger partial charge in [0.05, 0.1) is 18.8 Å². The maximum absolute atomic E-state index is 13.0. The van der Waals surface area contributed by atoms with Crippen molar-refractivity contribution in [3.63, 3.8) is 0 Å². The molecule has 1 aromatic heterocycles. The van der Waals surface area contributed by atoms with Gasteiger partial charge in [-0.25, -0.2) is 9.97 Å². The van der Waals surface area contributed by atoms with Gasteiger partial charge in [-0.2, -0.15) is 0 Å². The summed E-state index contributed by atoms with van der Waals surface area (Å²) >= 11 is 0. The Morgan fingerprint density at radius 3 is 2.65 bits per heavy atom. The summed E-state index contributed by atoms with van der Waals surface area (Å²) in [4.78, 5) is 24.8. The van der Waals surface area contributed by atoms with Crippen molar-refractivity contribution in [2.75, 3.05) is 25.1 Å². The van der Waals surface area contributed by atoms with Crippen molar-refractivity contribution in [1.29, 1.82) is 0 Å². The number of carbonyl (C=O) groups excluding carboxylic acids is 1. The fourth-order valence-corrected chi connectivity index (χ4v) is 4.48. The molecule has 0 radical (unpaired) electrons. The number of para-hydroxylation sites is 2. The molecule has 1 aromatic carbocycles. The van der Waals surface area contributed by atoms with E-state index in [-0.39, 0.29) is 17.4 Å². The monoisotopic (exact) mass is 424 g/mol. The molecule has 1 amide bonds. The minimum absolute atomic E-state index is 0.0360. The summed E-state index contributed by atoms with van der Waals surface area (Å²) in [5.74, 6) is 1.81. The molecule has 1 aliphatic carbocycles. The highest BCUT2D eigenvalue weighted by atomic mass is 16.5. The van der Waals surface area contributed by atoms with Crippen LogP contribution in [-0.2, 0) is 11.2 Å². The van der Waals surface area contributed by atoms with Crippen LogP contribution in [-0.4, -0.2) is 42.2 Å². The Morgan fingerprint density at radius 1 is 1.23 bits per heavy atom. The highest BCUT2D eigenvalue weighted by Gasteiger charge is 2.35. The Bertz CT molecular complexity index is 940. The highest BCUT2D eigenvalue weighted by Crippen LogP contribution is 2.40. The first kappa shape index (κ1) is 21.4. The third kappa shape index (κ3) is 4.75. The maximum Gasteiger partial charge on any atom is 0.261 e. The van der Waals surface area contributed by atoms with Gasteiger partial charge in [0.1, 0.15) is 0 Å². The second-order valence-corrected chi connectivity index (χ2v) is 9.28. The number of nitrogens with zero attached hydrogens (tertiary/aromatic N) is 3. The first-order chi connectivity index (χ1) is 14.9. The summed E-state index contributed by atoms with van der Waals surface area (Å²) in [7, 11) is 1.59. The molecule has 31 heavy (non-hydrogen) atoms. The number of fused-ring (bicyclic) bond motifs is 1. The van der Waals surface area contributed by atoms with Crippen LogP contribution >= 0.6 is 0 Å². The lowest BCUT2D eigenvalue weighted by Gasteiger charge is -2.37. The van der Waals surface area contributed by atoms with E-state index >= 15 is 0 Å². The van der Waals surface area contributed by atoms with E-state index in [1.54, 1.807) is 20.1 Å². The zero-order chi connectivity index (χ0) is 22.0. The number of hydrogen-bond donors (Lipinski definition) is 1. The molecule has 2 aromatic rings. The van der Waals surface area contributed by atoms with Crippen molar-refractivity contribution >= 4 is 11.9 Å². The molecule has 7 heteroatoms. The molecular weight excluding hydrogens is 392 g/mol. The molecule has 0 bridgehead atoms. The van der Waals surface area contributed by atoms with Crippen LogP contribution in [0.4, 0.5) is 5.95 Å². The first-order valence-electron chi connectivity index (χ1n) is 11.1. The fourth-order valence-electron chi connectivity index (χ4n) is 4.48. The Kier molecular flexibility index (Phi) is 6.03. The van der Waals surface area contributed by atoms with E-state index in [2.05, 4.69) is 29.0 Å². The normalized spacial score (nSPS) is 20.6. The van der Waals surface area contributed by atoms with Crippen LogP contribution in [0.5, 0.6) is 11.5 Å². The molecule has 7 nitrogen and oxygen atoms in total. The molecule has 2 heterocycles. The molecule has 2 aliphatic rings. The second-order valence-electron chi connectivity index (χ2n) is 9.28. The standard InChI is InChI=1S/C24H32N4O3/c1-16(31-21-10-6-5-9-20(21)30-4)22(29)26-18-13-24(2,3)14-19-17(18)15-25-23(27-19)28-11-7-8-12-28/h5-6,9-10,15-16,18H,7-8,11-14H2,1-4H3,(H,26,29)/t16-,18+/m1/s1. The van der Waals surface area contributed by atoms with Crippen molar-refractivity contribution in [2.24, 2.45) is 5.41 Å². The van der Waals surface area contributed by atoms with Crippen molar-refractivity contribution < 1.29 is 14.3 Å². The number of carbonyl (C=O) groups is 1. The zero-order valence-corrected chi connectivity index (χ0v) is 18.9. The third-order valence-electron chi connectivity index (χ3n) is 6.11. The van der Waals surface area contributed by atoms with Crippen LogP contribution in [0.2, 0.25) is 0 Å². The molecule has 166 valence electrons. The van der Waals surface area contributed by atoms with Gasteiger partial charge in [-0.1, -0.05) is 26.0 Å². The number of nitrogens with one attached hydrogen (secondary N) is 1. The molecule has 0 saturated carbocycles. The Labute approximate surface area is 184 Å². The molecule has 2 atom stereocenters. The minimum atomic E-state index is -0.658. The number of rotatable bonds is 6.